The average Bonchev–Trinajstić information content (AvgIpc) is 3.35. The van der Waals surface area contributed by atoms with Gasteiger partial charge >= 0.3 is 0 Å². The summed E-state index contributed by atoms with van der Waals surface area (Å²) in [6, 6.07) is 12.0. The molecule has 10 heteroatoms. The molecule has 4 heterocycles. The Morgan fingerprint density at radius 1 is 0.974 bits per heavy atom. The first-order valence-electron chi connectivity index (χ1n) is 12.2. The molecule has 1 fully saturated rings. The highest BCUT2D eigenvalue weighted by molar-refractivity contribution is 6.35. The first-order valence-corrected chi connectivity index (χ1v) is 12.2. The first kappa shape index (κ1) is 22.5. The summed E-state index contributed by atoms with van der Waals surface area (Å²) in [6.07, 6.45) is 4.35. The van der Waals surface area contributed by atoms with Gasteiger partial charge in [0.15, 0.2) is 17.3 Å². The van der Waals surface area contributed by atoms with Gasteiger partial charge in [-0.25, -0.2) is 23.6 Å². The molecule has 2 aromatic carbocycles. The molecule has 0 bridgehead atoms. The summed E-state index contributed by atoms with van der Waals surface area (Å²) in [7, 11) is 0. The van der Waals surface area contributed by atoms with Gasteiger partial charge in [0.25, 0.3) is 11.8 Å². The van der Waals surface area contributed by atoms with Crippen molar-refractivity contribution in [2.45, 2.75) is 31.7 Å². The lowest BCUT2D eigenvalue weighted by Gasteiger charge is -2.25. The minimum absolute atomic E-state index is 0.117. The van der Waals surface area contributed by atoms with E-state index in [-0.39, 0.29) is 18.0 Å². The normalized spacial score (nSPS) is 15.5. The molecule has 0 spiro atoms. The zero-order valence-electron chi connectivity index (χ0n) is 19.9. The Labute approximate surface area is 213 Å². The van der Waals surface area contributed by atoms with Gasteiger partial charge in [0.05, 0.1) is 28.9 Å². The number of rotatable bonds is 4. The largest absolute Gasteiger partial charge is 0.319 e. The number of fused-ring (bicyclic) bond motifs is 3. The molecule has 0 atom stereocenters. The molecule has 38 heavy (non-hydrogen) atoms. The standard InChI is InChI=1S/C28H19F2N5O3/c29-19-9-8-16-15(12-21(36)32-23(16)22(19)30)13-34-25(14-4-3-5-14)33-24-20(10-11-31-26(24)34)35-27(37)17-6-1-2-7-18(17)28(35)38/h1-2,6-12,14H,3-5,13H2,(H,32,36). The van der Waals surface area contributed by atoms with Crippen molar-refractivity contribution >= 4 is 39.6 Å². The van der Waals surface area contributed by atoms with Crippen LogP contribution in [0.15, 0.2) is 59.5 Å². The number of carbonyl (C=O) groups excluding carboxylic acids is 2. The third kappa shape index (κ3) is 3.16. The molecule has 7 rings (SSSR count). The van der Waals surface area contributed by atoms with Gasteiger partial charge in [-0.15, -0.1) is 0 Å². The van der Waals surface area contributed by atoms with Crippen LogP contribution in [0.5, 0.6) is 0 Å². The quantitative estimate of drug-likeness (QED) is 0.354. The fourth-order valence-electron chi connectivity index (χ4n) is 5.38. The van der Waals surface area contributed by atoms with Crippen molar-refractivity contribution in [3.63, 3.8) is 0 Å². The van der Waals surface area contributed by atoms with E-state index in [1.807, 2.05) is 4.57 Å². The van der Waals surface area contributed by atoms with Gasteiger partial charge in [0.1, 0.15) is 11.3 Å². The van der Waals surface area contributed by atoms with Crippen LogP contribution < -0.4 is 10.5 Å². The highest BCUT2D eigenvalue weighted by Gasteiger charge is 2.38. The lowest BCUT2D eigenvalue weighted by atomic mass is 9.85. The SMILES string of the molecule is O=C1c2ccccc2C(=O)N1c1ccnc2c1nc(C1CCC1)n2Cc1cc(=O)[nH]c2c(F)c(F)ccc12. The van der Waals surface area contributed by atoms with Gasteiger partial charge in [-0.3, -0.25) is 14.4 Å². The van der Waals surface area contributed by atoms with Crippen LogP contribution in [0.1, 0.15) is 57.3 Å². The Morgan fingerprint density at radius 3 is 2.39 bits per heavy atom. The molecule has 188 valence electrons. The van der Waals surface area contributed by atoms with Crippen LogP contribution in [0.25, 0.3) is 22.1 Å². The van der Waals surface area contributed by atoms with Crippen molar-refractivity contribution in [1.29, 1.82) is 0 Å². The second kappa shape index (κ2) is 8.14. The summed E-state index contributed by atoms with van der Waals surface area (Å²) in [5, 5.41) is 0.362. The van der Waals surface area contributed by atoms with Gasteiger partial charge in [0.2, 0.25) is 5.56 Å². The third-order valence-electron chi connectivity index (χ3n) is 7.47. The van der Waals surface area contributed by atoms with E-state index in [0.29, 0.717) is 44.8 Å². The van der Waals surface area contributed by atoms with E-state index in [1.54, 1.807) is 30.3 Å². The summed E-state index contributed by atoms with van der Waals surface area (Å²) in [4.78, 5) is 51.8. The Balaban J connectivity index is 1.42. The van der Waals surface area contributed by atoms with Crippen LogP contribution >= 0.6 is 0 Å². The number of nitrogens with zero attached hydrogens (tertiary/aromatic N) is 4. The number of nitrogens with one attached hydrogen (secondary N) is 1. The lowest BCUT2D eigenvalue weighted by molar-refractivity contribution is 0.0926. The Morgan fingerprint density at radius 2 is 1.71 bits per heavy atom. The number of aromatic nitrogens is 4. The zero-order chi connectivity index (χ0) is 26.1. The zero-order valence-corrected chi connectivity index (χ0v) is 19.9. The van der Waals surface area contributed by atoms with E-state index in [9.17, 15) is 23.2 Å². The number of halogens is 2. The van der Waals surface area contributed by atoms with Crippen molar-refractivity contribution in [3.05, 3.63) is 99.2 Å². The smallest absolute Gasteiger partial charge is 0.266 e. The molecule has 1 saturated carbocycles. The number of hydrogen-bond donors (Lipinski definition) is 1. The number of anilines is 1. The minimum Gasteiger partial charge on any atom is -0.319 e. The molecule has 0 radical (unpaired) electrons. The van der Waals surface area contributed by atoms with Crippen LogP contribution in [-0.2, 0) is 6.54 Å². The number of benzene rings is 2. The van der Waals surface area contributed by atoms with Gasteiger partial charge in [-0.1, -0.05) is 18.6 Å². The van der Waals surface area contributed by atoms with Gasteiger partial charge in [0, 0.05) is 23.6 Å². The highest BCUT2D eigenvalue weighted by atomic mass is 19.2. The number of pyridine rings is 2. The van der Waals surface area contributed by atoms with Crippen molar-refractivity contribution in [3.8, 4) is 0 Å². The van der Waals surface area contributed by atoms with Crippen LogP contribution in [-0.4, -0.2) is 31.3 Å². The maximum atomic E-state index is 14.5. The molecule has 1 aliphatic carbocycles. The monoisotopic (exact) mass is 511 g/mol. The number of H-pyrrole nitrogens is 1. The molecule has 8 nitrogen and oxygen atoms in total. The topological polar surface area (TPSA) is 101 Å². The summed E-state index contributed by atoms with van der Waals surface area (Å²) < 4.78 is 30.3. The summed E-state index contributed by atoms with van der Waals surface area (Å²) in [5.41, 5.74) is 1.48. The van der Waals surface area contributed by atoms with E-state index < -0.39 is 29.0 Å². The molecular weight excluding hydrogens is 492 g/mol. The van der Waals surface area contributed by atoms with E-state index in [0.717, 1.165) is 30.2 Å². The van der Waals surface area contributed by atoms with Crippen LogP contribution in [0, 0.1) is 11.6 Å². The maximum absolute atomic E-state index is 14.5. The number of hydrogen-bond acceptors (Lipinski definition) is 5. The molecule has 5 aromatic rings. The number of amides is 2. The molecule has 1 N–H and O–H groups in total. The van der Waals surface area contributed by atoms with Crippen LogP contribution in [0.4, 0.5) is 14.5 Å². The van der Waals surface area contributed by atoms with Crippen molar-refractivity contribution < 1.29 is 18.4 Å². The molecule has 3 aromatic heterocycles. The van der Waals surface area contributed by atoms with E-state index in [2.05, 4.69) is 9.97 Å². The minimum atomic E-state index is -1.12. The fourth-order valence-corrected chi connectivity index (χ4v) is 5.38. The van der Waals surface area contributed by atoms with Gasteiger partial charge in [-0.2, -0.15) is 0 Å². The molecule has 2 aliphatic rings. The molecule has 2 amide bonds. The maximum Gasteiger partial charge on any atom is 0.266 e. The number of imidazole rings is 1. The molecular formula is C28H19F2N5O3. The van der Waals surface area contributed by atoms with E-state index >= 15 is 0 Å². The van der Waals surface area contributed by atoms with Crippen molar-refractivity contribution in [2.24, 2.45) is 0 Å². The Kier molecular flexibility index (Phi) is 4.81. The second-order valence-corrected chi connectivity index (χ2v) is 9.62. The predicted octanol–water partition coefficient (Wildman–Crippen LogP) is 4.67. The van der Waals surface area contributed by atoms with Gasteiger partial charge < -0.3 is 9.55 Å². The molecule has 0 saturated heterocycles. The highest BCUT2D eigenvalue weighted by Crippen LogP contribution is 2.40. The van der Waals surface area contributed by atoms with Crippen molar-refractivity contribution in [1.82, 2.24) is 19.5 Å². The molecule has 0 unspecified atom stereocenters. The van der Waals surface area contributed by atoms with Crippen LogP contribution in [0.2, 0.25) is 0 Å². The summed E-state index contributed by atoms with van der Waals surface area (Å²) >= 11 is 0. The number of carbonyl (C=O) groups is 2. The predicted molar refractivity (Wildman–Crippen MR) is 135 cm³/mol. The second-order valence-electron chi connectivity index (χ2n) is 9.62. The number of imide groups is 1. The fraction of sp³-hybridized carbons (Fsp3) is 0.179. The van der Waals surface area contributed by atoms with Crippen LogP contribution in [0.3, 0.4) is 0 Å². The number of aromatic amines is 1. The Hall–Kier alpha value is -4.73. The summed E-state index contributed by atoms with van der Waals surface area (Å²) in [6.45, 7) is 0.117. The van der Waals surface area contributed by atoms with Gasteiger partial charge in [-0.05, 0) is 48.7 Å². The first-order chi connectivity index (χ1) is 18.4. The third-order valence-corrected chi connectivity index (χ3v) is 7.47. The molecule has 1 aliphatic heterocycles. The van der Waals surface area contributed by atoms with E-state index in [1.165, 1.54) is 18.3 Å². The summed E-state index contributed by atoms with van der Waals surface area (Å²) in [5.74, 6) is -2.21. The Bertz CT molecular complexity index is 1850. The van der Waals surface area contributed by atoms with E-state index in [4.69, 9.17) is 4.98 Å². The van der Waals surface area contributed by atoms with Crippen molar-refractivity contribution in [2.75, 3.05) is 4.90 Å². The lowest BCUT2D eigenvalue weighted by Crippen LogP contribution is -2.29. The average molecular weight is 511 g/mol.